The van der Waals surface area contributed by atoms with Gasteiger partial charge in [0.2, 0.25) is 0 Å². The van der Waals surface area contributed by atoms with Crippen LogP contribution in [0.5, 0.6) is 0 Å². The second kappa shape index (κ2) is 7.63. The van der Waals surface area contributed by atoms with Gasteiger partial charge in [0.05, 0.1) is 25.4 Å². The largest absolute Gasteiger partial charge is 0.374 e. The Labute approximate surface area is 115 Å². The van der Waals surface area contributed by atoms with Crippen molar-refractivity contribution < 1.29 is 14.2 Å². The fraction of sp³-hybridized carbons (Fsp3) is 0.625. The topological polar surface area (TPSA) is 27.7 Å². The molecule has 1 aromatic rings. The van der Waals surface area contributed by atoms with Crippen LogP contribution in [-0.2, 0) is 20.8 Å². The van der Waals surface area contributed by atoms with E-state index in [-0.39, 0.29) is 18.5 Å². The molecule has 0 N–H and O–H groups in total. The quantitative estimate of drug-likeness (QED) is 0.786. The monoisotopic (exact) mass is 264 g/mol. The van der Waals surface area contributed by atoms with Crippen molar-refractivity contribution in [1.29, 1.82) is 0 Å². The molecular formula is C16H24O3. The summed E-state index contributed by atoms with van der Waals surface area (Å²) < 4.78 is 17.3. The van der Waals surface area contributed by atoms with Crippen molar-refractivity contribution in [2.45, 2.75) is 58.2 Å². The summed E-state index contributed by atoms with van der Waals surface area (Å²) in [6, 6.07) is 10.2. The number of benzene rings is 1. The number of ether oxygens (including phenoxy) is 3. The van der Waals surface area contributed by atoms with Crippen LogP contribution >= 0.6 is 0 Å². The Morgan fingerprint density at radius 2 is 2.00 bits per heavy atom. The number of hydrogen-bond acceptors (Lipinski definition) is 3. The summed E-state index contributed by atoms with van der Waals surface area (Å²) in [6.07, 6.45) is 3.53. The van der Waals surface area contributed by atoms with Crippen LogP contribution in [0.2, 0.25) is 0 Å². The van der Waals surface area contributed by atoms with Gasteiger partial charge in [0, 0.05) is 0 Å². The zero-order valence-corrected chi connectivity index (χ0v) is 11.9. The first kappa shape index (κ1) is 14.5. The normalized spacial score (nSPS) is 23.7. The smallest absolute Gasteiger partial charge is 0.158 e. The van der Waals surface area contributed by atoms with Crippen molar-refractivity contribution in [3.8, 4) is 0 Å². The van der Waals surface area contributed by atoms with Crippen LogP contribution in [-0.4, -0.2) is 25.1 Å². The first-order chi connectivity index (χ1) is 9.24. The molecule has 1 fully saturated rings. The van der Waals surface area contributed by atoms with Gasteiger partial charge < -0.3 is 14.2 Å². The predicted octanol–water partition coefficient (Wildman–Crippen LogP) is 3.52. The summed E-state index contributed by atoms with van der Waals surface area (Å²) >= 11 is 0. The fourth-order valence-corrected chi connectivity index (χ4v) is 2.27. The standard InChI is InChI=1S/C16H24O3/c1-13(2)18-16-10-6-9-15(19-16)12-17-11-14-7-4-3-5-8-14/h3-5,7-8,13,15-16H,6,9-12H2,1-2H3/t15-,16?/m0/s1. The van der Waals surface area contributed by atoms with Gasteiger partial charge in [0.1, 0.15) is 0 Å². The molecule has 0 spiro atoms. The lowest BCUT2D eigenvalue weighted by molar-refractivity contribution is -0.218. The summed E-state index contributed by atoms with van der Waals surface area (Å²) in [4.78, 5) is 0. The molecule has 1 aliphatic rings. The van der Waals surface area contributed by atoms with E-state index in [1.165, 1.54) is 5.56 Å². The van der Waals surface area contributed by atoms with Gasteiger partial charge in [-0.05, 0) is 38.7 Å². The summed E-state index contributed by atoms with van der Waals surface area (Å²) in [6.45, 7) is 5.38. The van der Waals surface area contributed by atoms with E-state index in [1.54, 1.807) is 0 Å². The zero-order valence-electron chi connectivity index (χ0n) is 11.9. The second-order valence-corrected chi connectivity index (χ2v) is 5.30. The zero-order chi connectivity index (χ0) is 13.5. The summed E-state index contributed by atoms with van der Waals surface area (Å²) in [5.74, 6) is 0. The Morgan fingerprint density at radius 1 is 1.21 bits per heavy atom. The molecule has 2 atom stereocenters. The lowest BCUT2D eigenvalue weighted by Crippen LogP contribution is -2.34. The molecule has 0 radical (unpaired) electrons. The predicted molar refractivity (Wildman–Crippen MR) is 74.8 cm³/mol. The maximum atomic E-state index is 5.89. The molecular weight excluding hydrogens is 240 g/mol. The van der Waals surface area contributed by atoms with Crippen molar-refractivity contribution in [2.24, 2.45) is 0 Å². The maximum Gasteiger partial charge on any atom is 0.158 e. The Balaban J connectivity index is 1.68. The summed E-state index contributed by atoms with van der Waals surface area (Å²) in [5, 5.41) is 0. The Morgan fingerprint density at radius 3 is 2.74 bits per heavy atom. The van der Waals surface area contributed by atoms with Gasteiger partial charge >= 0.3 is 0 Å². The third-order valence-corrected chi connectivity index (χ3v) is 3.15. The first-order valence-corrected chi connectivity index (χ1v) is 7.16. The summed E-state index contributed by atoms with van der Waals surface area (Å²) in [7, 11) is 0. The SMILES string of the molecule is CC(C)OC1CCC[C@@H](COCc2ccccc2)O1. The van der Waals surface area contributed by atoms with E-state index in [4.69, 9.17) is 14.2 Å². The molecule has 1 aliphatic heterocycles. The molecule has 1 heterocycles. The maximum absolute atomic E-state index is 5.89. The van der Waals surface area contributed by atoms with Gasteiger partial charge in [0.25, 0.3) is 0 Å². The van der Waals surface area contributed by atoms with Gasteiger partial charge in [-0.3, -0.25) is 0 Å². The average molecular weight is 264 g/mol. The molecule has 2 rings (SSSR count). The highest BCUT2D eigenvalue weighted by Crippen LogP contribution is 2.21. The number of hydrogen-bond donors (Lipinski definition) is 0. The average Bonchev–Trinajstić information content (AvgIpc) is 2.40. The lowest BCUT2D eigenvalue weighted by atomic mass is 10.1. The van der Waals surface area contributed by atoms with Crippen molar-refractivity contribution in [1.82, 2.24) is 0 Å². The second-order valence-electron chi connectivity index (χ2n) is 5.30. The van der Waals surface area contributed by atoms with Crippen molar-refractivity contribution >= 4 is 0 Å². The van der Waals surface area contributed by atoms with Crippen LogP contribution in [0.25, 0.3) is 0 Å². The minimum atomic E-state index is -0.0564. The van der Waals surface area contributed by atoms with Crippen LogP contribution in [0.15, 0.2) is 30.3 Å². The minimum absolute atomic E-state index is 0.0564. The molecule has 19 heavy (non-hydrogen) atoms. The van der Waals surface area contributed by atoms with Crippen LogP contribution in [0, 0.1) is 0 Å². The molecule has 0 saturated carbocycles. The third-order valence-electron chi connectivity index (χ3n) is 3.15. The van der Waals surface area contributed by atoms with E-state index in [9.17, 15) is 0 Å². The molecule has 1 aromatic carbocycles. The molecule has 0 amide bonds. The third kappa shape index (κ3) is 5.31. The van der Waals surface area contributed by atoms with Crippen molar-refractivity contribution in [3.63, 3.8) is 0 Å². The van der Waals surface area contributed by atoms with Crippen LogP contribution in [0.3, 0.4) is 0 Å². The molecule has 1 unspecified atom stereocenters. The van der Waals surface area contributed by atoms with E-state index in [2.05, 4.69) is 12.1 Å². The minimum Gasteiger partial charge on any atom is -0.374 e. The highest BCUT2D eigenvalue weighted by molar-refractivity contribution is 5.13. The van der Waals surface area contributed by atoms with E-state index in [1.807, 2.05) is 32.0 Å². The molecule has 0 aromatic heterocycles. The van der Waals surface area contributed by atoms with Crippen LogP contribution in [0.1, 0.15) is 38.7 Å². The van der Waals surface area contributed by atoms with Gasteiger partial charge in [-0.2, -0.15) is 0 Å². The van der Waals surface area contributed by atoms with E-state index >= 15 is 0 Å². The van der Waals surface area contributed by atoms with E-state index in [0.29, 0.717) is 13.2 Å². The molecule has 3 nitrogen and oxygen atoms in total. The molecule has 1 saturated heterocycles. The van der Waals surface area contributed by atoms with Crippen molar-refractivity contribution in [2.75, 3.05) is 6.61 Å². The van der Waals surface area contributed by atoms with Gasteiger partial charge in [0.15, 0.2) is 6.29 Å². The van der Waals surface area contributed by atoms with Gasteiger partial charge in [-0.1, -0.05) is 30.3 Å². The number of rotatable bonds is 6. The molecule has 106 valence electrons. The Bertz CT molecular complexity index is 350. The van der Waals surface area contributed by atoms with E-state index < -0.39 is 0 Å². The van der Waals surface area contributed by atoms with Gasteiger partial charge in [-0.25, -0.2) is 0 Å². The van der Waals surface area contributed by atoms with E-state index in [0.717, 1.165) is 19.3 Å². The highest BCUT2D eigenvalue weighted by atomic mass is 16.7. The molecule has 0 aliphatic carbocycles. The summed E-state index contributed by atoms with van der Waals surface area (Å²) in [5.41, 5.74) is 1.20. The molecule has 3 heteroatoms. The highest BCUT2D eigenvalue weighted by Gasteiger charge is 2.23. The van der Waals surface area contributed by atoms with Crippen LogP contribution < -0.4 is 0 Å². The van der Waals surface area contributed by atoms with Gasteiger partial charge in [-0.15, -0.1) is 0 Å². The Hall–Kier alpha value is -0.900. The first-order valence-electron chi connectivity index (χ1n) is 7.16. The fourth-order valence-electron chi connectivity index (χ4n) is 2.27. The lowest BCUT2D eigenvalue weighted by Gasteiger charge is -2.30. The van der Waals surface area contributed by atoms with Crippen molar-refractivity contribution in [3.05, 3.63) is 35.9 Å². The van der Waals surface area contributed by atoms with Crippen LogP contribution in [0.4, 0.5) is 0 Å². The molecule has 0 bridgehead atoms. The Kier molecular flexibility index (Phi) is 5.83.